The van der Waals surface area contributed by atoms with Gasteiger partial charge in [0.05, 0.1) is 6.20 Å². The van der Waals surface area contributed by atoms with E-state index in [0.717, 1.165) is 38.0 Å². The maximum Gasteiger partial charge on any atom is 0.0522 e. The minimum absolute atomic E-state index is 0.250. The molecule has 1 N–H and O–H groups in total. The molecule has 2 aliphatic rings. The number of rotatable bonds is 4. The predicted octanol–water partition coefficient (Wildman–Crippen LogP) is 1.42. The van der Waals surface area contributed by atoms with Gasteiger partial charge in [0.25, 0.3) is 0 Å². The molecule has 1 saturated heterocycles. The van der Waals surface area contributed by atoms with Crippen molar-refractivity contribution in [1.29, 1.82) is 0 Å². The Balaban J connectivity index is 1.61. The van der Waals surface area contributed by atoms with Crippen LogP contribution in [0.3, 0.4) is 0 Å². The highest BCUT2D eigenvalue weighted by atomic mass is 15.3. The molecule has 0 radical (unpaired) electrons. The maximum absolute atomic E-state index is 4.26. The normalized spacial score (nSPS) is 27.6. The first kappa shape index (κ1) is 13.1. The van der Waals surface area contributed by atoms with Crippen LogP contribution >= 0.6 is 0 Å². The van der Waals surface area contributed by atoms with E-state index in [2.05, 4.69) is 35.4 Å². The van der Waals surface area contributed by atoms with Crippen molar-refractivity contribution in [2.45, 2.75) is 44.7 Å². The lowest BCUT2D eigenvalue weighted by Crippen LogP contribution is -2.62. The predicted molar refractivity (Wildman–Crippen MR) is 77.1 cm³/mol. The van der Waals surface area contributed by atoms with Crippen molar-refractivity contribution >= 4 is 0 Å². The summed E-state index contributed by atoms with van der Waals surface area (Å²) in [6.07, 6.45) is 8.11. The zero-order valence-electron chi connectivity index (χ0n) is 12.4. The summed E-state index contributed by atoms with van der Waals surface area (Å²) in [5.74, 6) is 0.942. The van der Waals surface area contributed by atoms with E-state index in [-0.39, 0.29) is 5.54 Å². The topological polar surface area (TPSA) is 33.1 Å². The molecule has 0 aromatic carbocycles. The Morgan fingerprint density at radius 1 is 1.42 bits per heavy atom. The fraction of sp³-hybridized carbons (Fsp3) is 0.800. The Hall–Kier alpha value is -0.870. The zero-order chi connectivity index (χ0) is 13.5. The van der Waals surface area contributed by atoms with Gasteiger partial charge in [-0.05, 0) is 44.6 Å². The molecule has 0 spiro atoms. The Bertz CT molecular complexity index is 433. The van der Waals surface area contributed by atoms with Gasteiger partial charge in [-0.1, -0.05) is 0 Å². The van der Waals surface area contributed by atoms with Crippen LogP contribution < -0.4 is 5.32 Å². The Kier molecular flexibility index (Phi) is 3.39. The molecule has 0 bridgehead atoms. The lowest BCUT2D eigenvalue weighted by Gasteiger charge is -2.45. The number of hydrogen-bond acceptors (Lipinski definition) is 3. The second-order valence-corrected chi connectivity index (χ2v) is 6.91. The van der Waals surface area contributed by atoms with Gasteiger partial charge in [0.15, 0.2) is 0 Å². The van der Waals surface area contributed by atoms with Crippen molar-refractivity contribution in [1.82, 2.24) is 20.0 Å². The van der Waals surface area contributed by atoms with Gasteiger partial charge in [0, 0.05) is 44.5 Å². The van der Waals surface area contributed by atoms with Gasteiger partial charge < -0.3 is 5.32 Å². The molecular formula is C15H26N4. The minimum Gasteiger partial charge on any atom is -0.309 e. The molecule has 1 unspecified atom stereocenters. The van der Waals surface area contributed by atoms with Crippen LogP contribution in [0.2, 0.25) is 0 Å². The molecule has 1 aliphatic heterocycles. The fourth-order valence-electron chi connectivity index (χ4n) is 3.26. The molecular weight excluding hydrogens is 236 g/mol. The highest BCUT2D eigenvalue weighted by Crippen LogP contribution is 2.37. The van der Waals surface area contributed by atoms with E-state index in [1.807, 2.05) is 17.9 Å². The molecule has 1 aromatic heterocycles. The lowest BCUT2D eigenvalue weighted by molar-refractivity contribution is 0.0839. The zero-order valence-corrected chi connectivity index (χ0v) is 12.4. The van der Waals surface area contributed by atoms with Crippen molar-refractivity contribution < 1.29 is 0 Å². The molecule has 1 aromatic rings. The summed E-state index contributed by atoms with van der Waals surface area (Å²) in [5, 5.41) is 7.97. The number of aryl methyl sites for hydroxylation is 1. The standard InChI is InChI=1S/C15H26N4/c1-15(2)11-19(14(9-16-15)13-4-5-13)7-6-12-8-17-18(3)10-12/h8,10,13-14,16H,4-7,9,11H2,1-3H3. The molecule has 0 amide bonds. The van der Waals surface area contributed by atoms with E-state index in [9.17, 15) is 0 Å². The van der Waals surface area contributed by atoms with Gasteiger partial charge in [-0.25, -0.2) is 0 Å². The Morgan fingerprint density at radius 3 is 2.84 bits per heavy atom. The molecule has 3 rings (SSSR count). The molecule has 1 atom stereocenters. The number of nitrogens with one attached hydrogen (secondary N) is 1. The first-order valence-corrected chi connectivity index (χ1v) is 7.50. The van der Waals surface area contributed by atoms with Crippen molar-refractivity contribution in [3.8, 4) is 0 Å². The molecule has 2 heterocycles. The third-order valence-electron chi connectivity index (χ3n) is 4.47. The smallest absolute Gasteiger partial charge is 0.0522 e. The van der Waals surface area contributed by atoms with Crippen LogP contribution in [-0.4, -0.2) is 45.9 Å². The van der Waals surface area contributed by atoms with E-state index >= 15 is 0 Å². The average molecular weight is 262 g/mol. The number of piperazine rings is 1. The van der Waals surface area contributed by atoms with Crippen LogP contribution in [0, 0.1) is 5.92 Å². The van der Waals surface area contributed by atoms with Gasteiger partial charge in [-0.2, -0.15) is 5.10 Å². The second kappa shape index (κ2) is 4.91. The highest BCUT2D eigenvalue weighted by Gasteiger charge is 2.40. The van der Waals surface area contributed by atoms with E-state index in [0.29, 0.717) is 0 Å². The van der Waals surface area contributed by atoms with Crippen molar-refractivity contribution in [2.24, 2.45) is 13.0 Å². The first-order valence-electron chi connectivity index (χ1n) is 7.50. The van der Waals surface area contributed by atoms with Crippen LogP contribution in [0.25, 0.3) is 0 Å². The molecule has 1 aliphatic carbocycles. The van der Waals surface area contributed by atoms with Gasteiger partial charge in [-0.15, -0.1) is 0 Å². The molecule has 4 nitrogen and oxygen atoms in total. The van der Waals surface area contributed by atoms with Gasteiger partial charge in [0.2, 0.25) is 0 Å². The van der Waals surface area contributed by atoms with E-state index in [1.54, 1.807) is 0 Å². The van der Waals surface area contributed by atoms with Crippen molar-refractivity contribution in [3.63, 3.8) is 0 Å². The van der Waals surface area contributed by atoms with E-state index in [1.165, 1.54) is 18.4 Å². The molecule has 1 saturated carbocycles. The monoisotopic (exact) mass is 262 g/mol. The third kappa shape index (κ3) is 3.18. The third-order valence-corrected chi connectivity index (χ3v) is 4.47. The molecule has 4 heteroatoms. The van der Waals surface area contributed by atoms with Crippen LogP contribution in [-0.2, 0) is 13.5 Å². The fourth-order valence-corrected chi connectivity index (χ4v) is 3.26. The number of nitrogens with zero attached hydrogens (tertiary/aromatic N) is 3. The quantitative estimate of drug-likeness (QED) is 0.891. The Labute approximate surface area is 116 Å². The van der Waals surface area contributed by atoms with Crippen molar-refractivity contribution in [3.05, 3.63) is 18.0 Å². The molecule has 106 valence electrons. The summed E-state index contributed by atoms with van der Waals surface area (Å²) < 4.78 is 1.90. The van der Waals surface area contributed by atoms with Gasteiger partial charge >= 0.3 is 0 Å². The SMILES string of the molecule is Cn1cc(CCN2CC(C)(C)NCC2C2CC2)cn1. The van der Waals surface area contributed by atoms with Crippen LogP contribution in [0.5, 0.6) is 0 Å². The summed E-state index contributed by atoms with van der Waals surface area (Å²) in [7, 11) is 1.99. The summed E-state index contributed by atoms with van der Waals surface area (Å²) in [4.78, 5) is 2.71. The van der Waals surface area contributed by atoms with E-state index in [4.69, 9.17) is 0 Å². The van der Waals surface area contributed by atoms with E-state index < -0.39 is 0 Å². The summed E-state index contributed by atoms with van der Waals surface area (Å²) in [6, 6.07) is 0.754. The van der Waals surface area contributed by atoms with Crippen LogP contribution in [0.4, 0.5) is 0 Å². The number of hydrogen-bond donors (Lipinski definition) is 1. The van der Waals surface area contributed by atoms with Gasteiger partial charge in [-0.3, -0.25) is 9.58 Å². The summed E-state index contributed by atoms with van der Waals surface area (Å²) in [5.41, 5.74) is 1.61. The molecule has 19 heavy (non-hydrogen) atoms. The number of aromatic nitrogens is 2. The second-order valence-electron chi connectivity index (χ2n) is 6.91. The van der Waals surface area contributed by atoms with Crippen LogP contribution in [0.1, 0.15) is 32.3 Å². The van der Waals surface area contributed by atoms with Crippen LogP contribution in [0.15, 0.2) is 12.4 Å². The van der Waals surface area contributed by atoms with Gasteiger partial charge in [0.1, 0.15) is 0 Å². The molecule has 2 fully saturated rings. The average Bonchev–Trinajstić information content (AvgIpc) is 3.09. The summed E-state index contributed by atoms with van der Waals surface area (Å²) in [6.45, 7) is 8.11. The first-order chi connectivity index (χ1) is 9.03. The van der Waals surface area contributed by atoms with Crippen molar-refractivity contribution in [2.75, 3.05) is 19.6 Å². The Morgan fingerprint density at radius 2 is 2.21 bits per heavy atom. The largest absolute Gasteiger partial charge is 0.309 e. The highest BCUT2D eigenvalue weighted by molar-refractivity contribution is 5.05. The minimum atomic E-state index is 0.250. The summed E-state index contributed by atoms with van der Waals surface area (Å²) >= 11 is 0. The maximum atomic E-state index is 4.26. The lowest BCUT2D eigenvalue weighted by atomic mass is 9.96.